The summed E-state index contributed by atoms with van der Waals surface area (Å²) in [6, 6.07) is 10.7. The minimum Gasteiger partial charge on any atom is -0.508 e. The predicted molar refractivity (Wildman–Crippen MR) is 97.8 cm³/mol. The number of fused-ring (bicyclic) bond motifs is 1. The standard InChI is InChI=1S/C21H20F2O3/c1-2-3-4-5-13-6-9-16(17(10-13)20(22)23)18-11-14-7-8-15(24)12-19(14)26-21(18)25/h6-12,20,24H,2-5H2,1H3. The van der Waals surface area contributed by atoms with Crippen molar-refractivity contribution >= 4 is 11.0 Å². The van der Waals surface area contributed by atoms with Crippen LogP contribution in [0.15, 0.2) is 51.7 Å². The topological polar surface area (TPSA) is 50.4 Å². The fourth-order valence-electron chi connectivity index (χ4n) is 3.06. The smallest absolute Gasteiger partial charge is 0.344 e. The summed E-state index contributed by atoms with van der Waals surface area (Å²) in [5, 5.41) is 10.0. The van der Waals surface area contributed by atoms with E-state index in [1.54, 1.807) is 18.2 Å². The molecule has 1 aromatic heterocycles. The Morgan fingerprint density at radius 2 is 1.85 bits per heavy atom. The number of hydrogen-bond acceptors (Lipinski definition) is 3. The molecule has 0 aliphatic rings. The molecule has 0 atom stereocenters. The first-order valence-corrected chi connectivity index (χ1v) is 8.68. The lowest BCUT2D eigenvalue weighted by Gasteiger charge is -2.11. The quantitative estimate of drug-likeness (QED) is 0.445. The molecule has 2 aromatic carbocycles. The summed E-state index contributed by atoms with van der Waals surface area (Å²) < 4.78 is 32.4. The summed E-state index contributed by atoms with van der Waals surface area (Å²) in [5.74, 6) is -0.0295. The molecule has 0 radical (unpaired) electrons. The molecule has 26 heavy (non-hydrogen) atoms. The van der Waals surface area contributed by atoms with Gasteiger partial charge in [-0.05, 0) is 48.2 Å². The molecule has 0 saturated heterocycles. The highest BCUT2D eigenvalue weighted by atomic mass is 19.3. The van der Waals surface area contributed by atoms with Crippen molar-refractivity contribution in [1.29, 1.82) is 0 Å². The van der Waals surface area contributed by atoms with Crippen LogP contribution in [0.1, 0.15) is 43.7 Å². The minimum atomic E-state index is -2.69. The fourth-order valence-corrected chi connectivity index (χ4v) is 3.06. The van der Waals surface area contributed by atoms with Crippen LogP contribution in [0.25, 0.3) is 22.1 Å². The molecule has 1 N–H and O–H groups in total. The second-order valence-electron chi connectivity index (χ2n) is 6.35. The van der Waals surface area contributed by atoms with Crippen molar-refractivity contribution < 1.29 is 18.3 Å². The molecule has 0 bridgehead atoms. The van der Waals surface area contributed by atoms with Gasteiger partial charge in [0.05, 0.1) is 5.56 Å². The molecule has 0 saturated carbocycles. The van der Waals surface area contributed by atoms with E-state index < -0.39 is 12.1 Å². The lowest BCUT2D eigenvalue weighted by Crippen LogP contribution is -2.05. The van der Waals surface area contributed by atoms with Crippen molar-refractivity contribution in [3.63, 3.8) is 0 Å². The van der Waals surface area contributed by atoms with Gasteiger partial charge in [-0.25, -0.2) is 13.6 Å². The Balaban J connectivity index is 2.07. The van der Waals surface area contributed by atoms with Crippen molar-refractivity contribution in [3.8, 4) is 16.9 Å². The van der Waals surface area contributed by atoms with Gasteiger partial charge in [-0.2, -0.15) is 0 Å². The van der Waals surface area contributed by atoms with Gasteiger partial charge in [0.2, 0.25) is 0 Å². The van der Waals surface area contributed by atoms with Crippen LogP contribution >= 0.6 is 0 Å². The Morgan fingerprint density at radius 3 is 2.58 bits per heavy atom. The van der Waals surface area contributed by atoms with Crippen LogP contribution < -0.4 is 5.63 Å². The molecule has 3 rings (SSSR count). The van der Waals surface area contributed by atoms with E-state index in [4.69, 9.17) is 4.42 Å². The van der Waals surface area contributed by atoms with Gasteiger partial charge in [0.1, 0.15) is 11.3 Å². The summed E-state index contributed by atoms with van der Waals surface area (Å²) in [6.45, 7) is 2.09. The molecule has 3 nitrogen and oxygen atoms in total. The lowest BCUT2D eigenvalue weighted by molar-refractivity contribution is 0.152. The Kier molecular flexibility index (Phi) is 5.35. The van der Waals surface area contributed by atoms with Crippen molar-refractivity contribution in [1.82, 2.24) is 0 Å². The number of unbranched alkanes of at least 4 members (excludes halogenated alkanes) is 2. The van der Waals surface area contributed by atoms with Crippen LogP contribution in [0.5, 0.6) is 5.75 Å². The molecule has 0 aliphatic carbocycles. The average molecular weight is 358 g/mol. The van der Waals surface area contributed by atoms with Crippen LogP contribution in [0.2, 0.25) is 0 Å². The van der Waals surface area contributed by atoms with E-state index >= 15 is 0 Å². The molecule has 0 unspecified atom stereocenters. The summed E-state index contributed by atoms with van der Waals surface area (Å²) >= 11 is 0. The summed E-state index contributed by atoms with van der Waals surface area (Å²) in [7, 11) is 0. The highest BCUT2D eigenvalue weighted by molar-refractivity contribution is 5.83. The van der Waals surface area contributed by atoms with Gasteiger partial charge < -0.3 is 9.52 Å². The van der Waals surface area contributed by atoms with Crippen molar-refractivity contribution in [3.05, 3.63) is 64.0 Å². The first-order chi connectivity index (χ1) is 12.5. The van der Waals surface area contributed by atoms with E-state index in [-0.39, 0.29) is 28.0 Å². The highest BCUT2D eigenvalue weighted by Gasteiger charge is 2.18. The Labute approximate surface area is 149 Å². The minimum absolute atomic E-state index is 0.0295. The number of benzene rings is 2. The number of aryl methyl sites for hydroxylation is 1. The van der Waals surface area contributed by atoms with Gasteiger partial charge >= 0.3 is 5.63 Å². The summed E-state index contributed by atoms with van der Waals surface area (Å²) in [6.07, 6.45) is 1.10. The monoisotopic (exact) mass is 358 g/mol. The van der Waals surface area contributed by atoms with Crippen LogP contribution in [0, 0.1) is 0 Å². The number of hydrogen-bond donors (Lipinski definition) is 1. The highest BCUT2D eigenvalue weighted by Crippen LogP contribution is 2.32. The first-order valence-electron chi connectivity index (χ1n) is 8.68. The predicted octanol–water partition coefficient (Wildman–Crippen LogP) is 5.84. The number of phenolic OH excluding ortho intramolecular Hbond substituents is 1. The van der Waals surface area contributed by atoms with Crippen molar-refractivity contribution in [2.45, 2.75) is 39.0 Å². The van der Waals surface area contributed by atoms with E-state index in [0.717, 1.165) is 31.2 Å². The van der Waals surface area contributed by atoms with Gasteiger partial charge in [-0.15, -0.1) is 0 Å². The molecule has 5 heteroatoms. The van der Waals surface area contributed by atoms with Gasteiger partial charge in [0.25, 0.3) is 6.43 Å². The van der Waals surface area contributed by atoms with E-state index in [2.05, 4.69) is 6.92 Å². The maximum atomic E-state index is 13.6. The molecular formula is C21H20F2O3. The zero-order chi connectivity index (χ0) is 18.7. The first kappa shape index (κ1) is 18.1. The van der Waals surface area contributed by atoms with Crippen LogP contribution in [-0.4, -0.2) is 5.11 Å². The van der Waals surface area contributed by atoms with Gasteiger partial charge in [0.15, 0.2) is 0 Å². The van der Waals surface area contributed by atoms with Gasteiger partial charge in [0, 0.05) is 17.0 Å². The zero-order valence-corrected chi connectivity index (χ0v) is 14.5. The average Bonchev–Trinajstić information content (AvgIpc) is 2.61. The van der Waals surface area contributed by atoms with Gasteiger partial charge in [-0.1, -0.05) is 31.9 Å². The van der Waals surface area contributed by atoms with E-state index in [1.807, 2.05) is 0 Å². The third-order valence-corrected chi connectivity index (χ3v) is 4.43. The maximum absolute atomic E-state index is 13.6. The largest absolute Gasteiger partial charge is 0.508 e. The van der Waals surface area contributed by atoms with Crippen molar-refractivity contribution in [2.75, 3.05) is 0 Å². The number of aromatic hydroxyl groups is 1. The second kappa shape index (κ2) is 7.68. The number of halogens is 2. The summed E-state index contributed by atoms with van der Waals surface area (Å²) in [4.78, 5) is 12.3. The second-order valence-corrected chi connectivity index (χ2v) is 6.35. The zero-order valence-electron chi connectivity index (χ0n) is 14.5. The van der Waals surface area contributed by atoms with Crippen LogP contribution in [0.3, 0.4) is 0 Å². The number of alkyl halides is 2. The number of phenols is 1. The molecule has 136 valence electrons. The maximum Gasteiger partial charge on any atom is 0.344 e. The van der Waals surface area contributed by atoms with E-state index in [0.29, 0.717) is 5.39 Å². The molecule has 0 fully saturated rings. The normalized spacial score (nSPS) is 11.4. The number of rotatable bonds is 6. The Bertz CT molecular complexity index is 977. The van der Waals surface area contributed by atoms with E-state index in [1.165, 1.54) is 24.3 Å². The van der Waals surface area contributed by atoms with Crippen molar-refractivity contribution in [2.24, 2.45) is 0 Å². The molecule has 0 spiro atoms. The molecule has 0 aliphatic heterocycles. The molecule has 3 aromatic rings. The molecule has 0 amide bonds. The lowest BCUT2D eigenvalue weighted by atomic mass is 9.96. The third kappa shape index (κ3) is 3.77. The Morgan fingerprint density at radius 1 is 1.04 bits per heavy atom. The van der Waals surface area contributed by atoms with Crippen LogP contribution in [-0.2, 0) is 6.42 Å². The van der Waals surface area contributed by atoms with Crippen LogP contribution in [0.4, 0.5) is 8.78 Å². The van der Waals surface area contributed by atoms with E-state index in [9.17, 15) is 18.7 Å². The summed E-state index contributed by atoms with van der Waals surface area (Å²) in [5.41, 5.74) is 0.468. The van der Waals surface area contributed by atoms with Gasteiger partial charge in [-0.3, -0.25) is 0 Å². The Hall–Kier alpha value is -2.69. The molecule has 1 heterocycles. The molecular weight excluding hydrogens is 338 g/mol. The third-order valence-electron chi connectivity index (χ3n) is 4.43. The fraction of sp³-hybridized carbons (Fsp3) is 0.286. The SMILES string of the molecule is CCCCCc1ccc(-c2cc3ccc(O)cc3oc2=O)c(C(F)F)c1.